The molecule has 0 radical (unpaired) electrons. The summed E-state index contributed by atoms with van der Waals surface area (Å²) in [4.78, 5) is 16.4. The van der Waals surface area contributed by atoms with Gasteiger partial charge in [0.05, 0.1) is 26.7 Å². The maximum Gasteiger partial charge on any atom is 0.420 e. The zero-order valence-electron chi connectivity index (χ0n) is 17.8. The first-order valence-electron chi connectivity index (χ1n) is 10.4. The summed E-state index contributed by atoms with van der Waals surface area (Å²) in [5.74, 6) is 2.27. The van der Waals surface area contributed by atoms with Crippen LogP contribution in [-0.2, 0) is 29.1 Å². The Morgan fingerprint density at radius 3 is 3.00 bits per heavy atom. The molecule has 1 aliphatic rings. The second-order valence-electron chi connectivity index (χ2n) is 8.01. The van der Waals surface area contributed by atoms with Crippen molar-refractivity contribution in [2.45, 2.75) is 36.7 Å². The van der Waals surface area contributed by atoms with E-state index in [-0.39, 0.29) is 22.2 Å². The molecule has 5 rings (SSSR count). The van der Waals surface area contributed by atoms with Crippen LogP contribution in [0.2, 0.25) is 0 Å². The summed E-state index contributed by atoms with van der Waals surface area (Å²) in [6.07, 6.45) is 4.19. The second-order valence-corrected chi connectivity index (χ2v) is 10.8. The van der Waals surface area contributed by atoms with Crippen LogP contribution in [0, 0.1) is 5.82 Å². The highest BCUT2D eigenvalue weighted by molar-refractivity contribution is 8.01. The summed E-state index contributed by atoms with van der Waals surface area (Å²) in [6.45, 7) is 0.257. The van der Waals surface area contributed by atoms with Gasteiger partial charge in [0, 0.05) is 29.7 Å². The van der Waals surface area contributed by atoms with E-state index in [0.29, 0.717) is 11.6 Å². The van der Waals surface area contributed by atoms with Crippen LogP contribution in [0.4, 0.5) is 9.52 Å². The van der Waals surface area contributed by atoms with Crippen molar-refractivity contribution in [2.24, 2.45) is 0 Å². The van der Waals surface area contributed by atoms with Gasteiger partial charge in [-0.05, 0) is 48.9 Å². The highest BCUT2D eigenvalue weighted by Crippen LogP contribution is 2.28. The maximum atomic E-state index is 15.1. The van der Waals surface area contributed by atoms with Crippen LogP contribution >= 0.6 is 11.5 Å². The molecule has 0 spiro atoms. The van der Waals surface area contributed by atoms with E-state index in [1.54, 1.807) is 0 Å². The van der Waals surface area contributed by atoms with E-state index in [0.717, 1.165) is 36.4 Å². The molecule has 2 aromatic carbocycles. The van der Waals surface area contributed by atoms with Crippen molar-refractivity contribution in [1.82, 2.24) is 19.2 Å². The zero-order chi connectivity index (χ0) is 23.2. The van der Waals surface area contributed by atoms with Crippen LogP contribution in [0.3, 0.4) is 0 Å². The molecule has 11 heteroatoms. The third-order valence-corrected chi connectivity index (χ3v) is 8.27. The van der Waals surface area contributed by atoms with Crippen molar-refractivity contribution in [3.05, 3.63) is 69.7 Å². The largest absolute Gasteiger partial charge is 0.420 e. The normalized spacial score (nSPS) is 17.6. The van der Waals surface area contributed by atoms with Gasteiger partial charge in [0.15, 0.2) is 5.58 Å². The number of oxazole rings is 1. The Morgan fingerprint density at radius 1 is 1.39 bits per heavy atom. The lowest BCUT2D eigenvalue weighted by Crippen LogP contribution is -2.32. The number of nitrogens with zero attached hydrogens (tertiary/aromatic N) is 3. The van der Waals surface area contributed by atoms with Crippen molar-refractivity contribution in [3.8, 4) is 0 Å². The molecule has 33 heavy (non-hydrogen) atoms. The second kappa shape index (κ2) is 8.40. The summed E-state index contributed by atoms with van der Waals surface area (Å²) in [5, 5.41) is 3.58. The number of aryl methyl sites for hydroxylation is 1. The van der Waals surface area contributed by atoms with Gasteiger partial charge < -0.3 is 9.73 Å². The fourth-order valence-electron chi connectivity index (χ4n) is 4.31. The molecule has 1 aliphatic carbocycles. The molecule has 0 bridgehead atoms. The fraction of sp³-hybridized carbons (Fsp3) is 0.273. The van der Waals surface area contributed by atoms with E-state index >= 15 is 4.39 Å². The van der Waals surface area contributed by atoms with Crippen molar-refractivity contribution in [2.75, 3.05) is 11.8 Å². The summed E-state index contributed by atoms with van der Waals surface area (Å²) < 4.78 is 41.4. The average Bonchev–Trinajstić information content (AvgIpc) is 3.40. The molecule has 0 saturated carbocycles. The molecule has 2 heterocycles. The Bertz CT molecular complexity index is 1490. The molecule has 0 saturated heterocycles. The molecule has 2 aromatic heterocycles. The van der Waals surface area contributed by atoms with Gasteiger partial charge in [-0.1, -0.05) is 18.2 Å². The van der Waals surface area contributed by atoms with E-state index in [4.69, 9.17) is 4.42 Å². The van der Waals surface area contributed by atoms with Crippen LogP contribution in [0.5, 0.6) is 0 Å². The van der Waals surface area contributed by atoms with E-state index in [1.165, 1.54) is 34.2 Å². The lowest BCUT2D eigenvalue weighted by atomic mass is 9.85. The smallest absolute Gasteiger partial charge is 0.408 e. The quantitative estimate of drug-likeness (QED) is 0.406. The molecule has 2 N–H and O–H groups in total. The van der Waals surface area contributed by atoms with E-state index in [2.05, 4.69) is 31.3 Å². The predicted octanol–water partition coefficient (Wildman–Crippen LogP) is 2.81. The number of anilines is 1. The van der Waals surface area contributed by atoms with Crippen LogP contribution in [0.1, 0.15) is 23.1 Å². The van der Waals surface area contributed by atoms with Gasteiger partial charge in [0.25, 0.3) is 0 Å². The monoisotopic (exact) mass is 487 g/mol. The number of fused-ring (bicyclic) bond motifs is 2. The Kier molecular flexibility index (Phi) is 5.55. The maximum absolute atomic E-state index is 15.1. The first kappa shape index (κ1) is 21.8. The summed E-state index contributed by atoms with van der Waals surface area (Å²) in [7, 11) is -1.33. The first-order valence-corrected chi connectivity index (χ1v) is 12.9. The molecule has 2 unspecified atom stereocenters. The van der Waals surface area contributed by atoms with Crippen molar-refractivity contribution in [1.29, 1.82) is 0 Å². The third-order valence-electron chi connectivity index (χ3n) is 6.01. The van der Waals surface area contributed by atoms with Gasteiger partial charge in [-0.15, -0.1) is 0 Å². The van der Waals surface area contributed by atoms with Gasteiger partial charge in [-0.25, -0.2) is 18.4 Å². The van der Waals surface area contributed by atoms with Crippen molar-refractivity contribution in [3.63, 3.8) is 0 Å². The lowest BCUT2D eigenvalue weighted by Gasteiger charge is -2.26. The number of aromatic nitrogens is 3. The summed E-state index contributed by atoms with van der Waals surface area (Å²) >= 11 is 0.979. The van der Waals surface area contributed by atoms with Gasteiger partial charge in [-0.2, -0.15) is 4.37 Å². The number of hydrogen-bond acceptors (Lipinski definition) is 7. The average molecular weight is 488 g/mol. The van der Waals surface area contributed by atoms with E-state index < -0.39 is 21.3 Å². The van der Waals surface area contributed by atoms with Gasteiger partial charge in [0.1, 0.15) is 12.1 Å². The van der Waals surface area contributed by atoms with Crippen molar-refractivity contribution < 1.29 is 13.0 Å². The topological polar surface area (TPSA) is 102 Å². The Labute approximate surface area is 193 Å². The van der Waals surface area contributed by atoms with Gasteiger partial charge in [-0.3, -0.25) is 9.29 Å². The predicted molar refractivity (Wildman–Crippen MR) is 128 cm³/mol. The number of benzene rings is 2. The highest BCUT2D eigenvalue weighted by atomic mass is 32.2. The minimum absolute atomic E-state index is 0.143. The molecular weight excluding hydrogens is 465 g/mol. The molecule has 0 aliphatic heterocycles. The molecular formula is C22H22FN5O3S2. The molecule has 0 fully saturated rings. The highest BCUT2D eigenvalue weighted by Gasteiger charge is 2.23. The zero-order valence-corrected chi connectivity index (χ0v) is 19.5. The van der Waals surface area contributed by atoms with E-state index in [9.17, 15) is 9.00 Å². The Morgan fingerprint density at radius 2 is 2.24 bits per heavy atom. The van der Waals surface area contributed by atoms with E-state index in [1.807, 2.05) is 19.2 Å². The minimum atomic E-state index is -3.28. The molecule has 2 atom stereocenters. The number of hydrogen-bond donors (Lipinski definition) is 2. The van der Waals surface area contributed by atoms with Gasteiger partial charge >= 0.3 is 5.76 Å². The number of likely N-dealkylation sites (N-methyl/N-ethyl adjacent to an activating group) is 1. The molecule has 172 valence electrons. The molecule has 0 amide bonds. The SMILES string of the molecule is C=S(=O)(Nc1ncns1)c1cc2oc(=O)n(Cc3cccc4c3CC(NC)CC4)c2cc1F. The van der Waals surface area contributed by atoms with Crippen LogP contribution in [0.15, 0.2) is 50.8 Å². The van der Waals surface area contributed by atoms with Crippen LogP contribution < -0.4 is 15.8 Å². The van der Waals surface area contributed by atoms with Crippen LogP contribution in [0.25, 0.3) is 11.1 Å². The number of rotatable bonds is 6. The Hall–Kier alpha value is -3.02. The molecule has 4 aromatic rings. The molecule has 8 nitrogen and oxygen atoms in total. The number of halogens is 1. The lowest BCUT2D eigenvalue weighted by molar-refractivity contribution is 0.489. The fourth-order valence-corrected chi connectivity index (χ4v) is 6.27. The van der Waals surface area contributed by atoms with Gasteiger partial charge in [0.2, 0.25) is 5.13 Å². The van der Waals surface area contributed by atoms with Crippen molar-refractivity contribution >= 4 is 43.3 Å². The summed E-state index contributed by atoms with van der Waals surface area (Å²) in [6, 6.07) is 8.90. The number of nitrogens with one attached hydrogen (secondary N) is 2. The minimum Gasteiger partial charge on any atom is -0.408 e. The summed E-state index contributed by atoms with van der Waals surface area (Å²) in [5.41, 5.74) is 3.92. The standard InChI is InChI=1S/C22H22FN5O3S2/c1-24-15-7-6-13-4-3-5-14(16(13)8-15)11-28-18-9-17(23)20(10-19(18)31-22(28)29)33(2,30)27-21-25-12-26-32-21/h3-5,9-10,12,15,24H,2,6-8,11H2,1H3,(H,25,26,27,30). The van der Waals surface area contributed by atoms with Crippen LogP contribution in [-0.4, -0.2) is 37.1 Å². The first-order chi connectivity index (χ1) is 15.9. The Balaban J connectivity index is 1.54. The third kappa shape index (κ3) is 4.07.